The Hall–Kier alpha value is -2.45. The number of aromatic nitrogens is 3. The van der Waals surface area contributed by atoms with Crippen molar-refractivity contribution in [1.29, 1.82) is 0 Å². The van der Waals surface area contributed by atoms with Crippen LogP contribution in [0, 0.1) is 13.8 Å². The third-order valence-corrected chi connectivity index (χ3v) is 3.97. The van der Waals surface area contributed by atoms with Gasteiger partial charge in [-0.05, 0) is 32.4 Å². The predicted octanol–water partition coefficient (Wildman–Crippen LogP) is 2.73. The molecule has 1 aliphatic heterocycles. The summed E-state index contributed by atoms with van der Waals surface area (Å²) in [5.41, 5.74) is -0.769. The van der Waals surface area contributed by atoms with Gasteiger partial charge in [-0.2, -0.15) is 18.2 Å². The predicted molar refractivity (Wildman–Crippen MR) is 76.3 cm³/mol. The fraction of sp³-hybridized carbons (Fsp3) is 0.467. The summed E-state index contributed by atoms with van der Waals surface area (Å²) in [5, 5.41) is 3.73. The molecular formula is C15H15F3N4O2. The molecule has 0 N–H and O–H groups in total. The van der Waals surface area contributed by atoms with E-state index in [1.165, 1.54) is 13.0 Å². The molecule has 6 nitrogen and oxygen atoms in total. The van der Waals surface area contributed by atoms with Crippen LogP contribution < -0.4 is 0 Å². The molecule has 3 heterocycles. The molecule has 0 bridgehead atoms. The summed E-state index contributed by atoms with van der Waals surface area (Å²) in [7, 11) is 0. The highest BCUT2D eigenvalue weighted by atomic mass is 19.4. The summed E-state index contributed by atoms with van der Waals surface area (Å²) in [6, 6.07) is 2.01. The number of nitrogens with zero attached hydrogens (tertiary/aromatic N) is 4. The lowest BCUT2D eigenvalue weighted by atomic mass is 10.1. The van der Waals surface area contributed by atoms with E-state index in [0.29, 0.717) is 31.2 Å². The molecule has 0 aliphatic carbocycles. The van der Waals surface area contributed by atoms with E-state index in [9.17, 15) is 18.0 Å². The maximum Gasteiger partial charge on any atom is 0.433 e. The van der Waals surface area contributed by atoms with Crippen LogP contribution in [-0.2, 0) is 6.18 Å². The van der Waals surface area contributed by atoms with Gasteiger partial charge < -0.3 is 9.42 Å². The standard InChI is InChI=1S/C15H15F3N4O2/c1-8-11(3-4-12(19-8)15(16,17)18)14(23)22-6-5-10(7-22)13-20-9(2)21-24-13/h3-4,10H,5-7H2,1-2H3. The molecular weight excluding hydrogens is 325 g/mol. The van der Waals surface area contributed by atoms with Gasteiger partial charge in [0.05, 0.1) is 17.2 Å². The summed E-state index contributed by atoms with van der Waals surface area (Å²) in [6.45, 7) is 3.98. The van der Waals surface area contributed by atoms with E-state index in [1.54, 1.807) is 11.8 Å². The first-order valence-electron chi connectivity index (χ1n) is 7.40. The molecule has 0 radical (unpaired) electrons. The summed E-state index contributed by atoms with van der Waals surface area (Å²) < 4.78 is 43.1. The number of carbonyl (C=O) groups is 1. The van der Waals surface area contributed by atoms with Crippen LogP contribution in [0.5, 0.6) is 0 Å². The van der Waals surface area contributed by atoms with Crippen LogP contribution in [0.2, 0.25) is 0 Å². The zero-order chi connectivity index (χ0) is 17.5. The fourth-order valence-corrected chi connectivity index (χ4v) is 2.74. The highest BCUT2D eigenvalue weighted by Gasteiger charge is 2.35. The number of hydrogen-bond donors (Lipinski definition) is 0. The third-order valence-electron chi connectivity index (χ3n) is 3.97. The summed E-state index contributed by atoms with van der Waals surface area (Å²) in [6.07, 6.45) is -3.86. The van der Waals surface area contributed by atoms with Gasteiger partial charge in [0.15, 0.2) is 5.82 Å². The smallest absolute Gasteiger partial charge is 0.339 e. The van der Waals surface area contributed by atoms with E-state index in [0.717, 1.165) is 6.07 Å². The lowest BCUT2D eigenvalue weighted by Crippen LogP contribution is -2.29. The van der Waals surface area contributed by atoms with Crippen molar-refractivity contribution in [2.75, 3.05) is 13.1 Å². The van der Waals surface area contributed by atoms with Crippen LogP contribution >= 0.6 is 0 Å². The Morgan fingerprint density at radius 2 is 2.04 bits per heavy atom. The highest BCUT2D eigenvalue weighted by molar-refractivity contribution is 5.95. The average Bonchev–Trinajstić information content (AvgIpc) is 3.14. The van der Waals surface area contributed by atoms with E-state index in [2.05, 4.69) is 15.1 Å². The Labute approximate surface area is 135 Å². The fourth-order valence-electron chi connectivity index (χ4n) is 2.74. The minimum atomic E-state index is -4.53. The molecule has 2 aromatic rings. The largest absolute Gasteiger partial charge is 0.433 e. The molecule has 1 aliphatic rings. The number of carbonyl (C=O) groups excluding carboxylic acids is 1. The minimum absolute atomic E-state index is 0.0575. The molecule has 2 aromatic heterocycles. The molecule has 24 heavy (non-hydrogen) atoms. The number of aryl methyl sites for hydroxylation is 2. The van der Waals surface area contributed by atoms with Gasteiger partial charge in [0.25, 0.3) is 5.91 Å². The normalized spacial score (nSPS) is 18.2. The van der Waals surface area contributed by atoms with Crippen LogP contribution in [0.4, 0.5) is 13.2 Å². The number of pyridine rings is 1. The van der Waals surface area contributed by atoms with Crippen molar-refractivity contribution < 1.29 is 22.5 Å². The molecule has 1 fully saturated rings. The van der Waals surface area contributed by atoms with Crippen LogP contribution in [0.25, 0.3) is 0 Å². The quantitative estimate of drug-likeness (QED) is 0.840. The lowest BCUT2D eigenvalue weighted by molar-refractivity contribution is -0.141. The second kappa shape index (κ2) is 5.88. The van der Waals surface area contributed by atoms with Gasteiger partial charge in [-0.1, -0.05) is 5.16 Å². The van der Waals surface area contributed by atoms with Gasteiger partial charge in [-0.3, -0.25) is 4.79 Å². The molecule has 0 aromatic carbocycles. The second-order valence-electron chi connectivity index (χ2n) is 5.74. The zero-order valence-corrected chi connectivity index (χ0v) is 13.1. The SMILES string of the molecule is Cc1noc(C2CCN(C(=O)c3ccc(C(F)(F)F)nc3C)C2)n1. The van der Waals surface area contributed by atoms with Crippen LogP contribution in [0.1, 0.15) is 45.8 Å². The van der Waals surface area contributed by atoms with Gasteiger partial charge >= 0.3 is 6.18 Å². The van der Waals surface area contributed by atoms with Gasteiger partial charge in [0, 0.05) is 13.1 Å². The van der Waals surface area contributed by atoms with Crippen molar-refractivity contribution in [2.45, 2.75) is 32.4 Å². The molecule has 9 heteroatoms. The molecule has 1 unspecified atom stereocenters. The summed E-state index contributed by atoms with van der Waals surface area (Å²) in [5.74, 6) is 0.605. The maximum atomic E-state index is 12.7. The summed E-state index contributed by atoms with van der Waals surface area (Å²) in [4.78, 5) is 21.8. The van der Waals surface area contributed by atoms with Gasteiger partial charge in [0.1, 0.15) is 5.69 Å². The van der Waals surface area contributed by atoms with Crippen molar-refractivity contribution in [3.63, 3.8) is 0 Å². The van der Waals surface area contributed by atoms with Gasteiger partial charge in [-0.15, -0.1) is 0 Å². The van der Waals surface area contributed by atoms with Gasteiger partial charge in [0.2, 0.25) is 5.89 Å². The Bertz CT molecular complexity index is 772. The van der Waals surface area contributed by atoms with E-state index in [4.69, 9.17) is 4.52 Å². The zero-order valence-electron chi connectivity index (χ0n) is 13.1. The van der Waals surface area contributed by atoms with Crippen LogP contribution in [0.3, 0.4) is 0 Å². The number of halogens is 3. The molecule has 1 saturated heterocycles. The Morgan fingerprint density at radius 1 is 1.29 bits per heavy atom. The third kappa shape index (κ3) is 3.10. The molecule has 1 atom stereocenters. The van der Waals surface area contributed by atoms with Gasteiger partial charge in [-0.25, -0.2) is 4.98 Å². The second-order valence-corrected chi connectivity index (χ2v) is 5.74. The van der Waals surface area contributed by atoms with Crippen molar-refractivity contribution >= 4 is 5.91 Å². The highest BCUT2D eigenvalue weighted by Crippen LogP contribution is 2.30. The molecule has 1 amide bonds. The number of amides is 1. The maximum absolute atomic E-state index is 12.7. The first-order chi connectivity index (χ1) is 11.3. The van der Waals surface area contributed by atoms with Crippen molar-refractivity contribution in [1.82, 2.24) is 20.0 Å². The first kappa shape index (κ1) is 16.4. The Balaban J connectivity index is 1.76. The van der Waals surface area contributed by atoms with E-state index in [-0.39, 0.29) is 23.1 Å². The first-order valence-corrected chi connectivity index (χ1v) is 7.40. The van der Waals surface area contributed by atoms with E-state index in [1.807, 2.05) is 0 Å². The molecule has 0 spiro atoms. The van der Waals surface area contributed by atoms with E-state index >= 15 is 0 Å². The number of rotatable bonds is 2. The number of alkyl halides is 3. The lowest BCUT2D eigenvalue weighted by Gasteiger charge is -2.17. The monoisotopic (exact) mass is 340 g/mol. The van der Waals surface area contributed by atoms with Crippen LogP contribution in [0.15, 0.2) is 16.7 Å². The minimum Gasteiger partial charge on any atom is -0.339 e. The Morgan fingerprint density at radius 3 is 2.62 bits per heavy atom. The molecule has 128 valence electrons. The Kier molecular flexibility index (Phi) is 4.02. The van der Waals surface area contributed by atoms with Crippen LogP contribution in [-0.4, -0.2) is 39.0 Å². The van der Waals surface area contributed by atoms with E-state index < -0.39 is 11.9 Å². The number of likely N-dealkylation sites (tertiary alicyclic amines) is 1. The topological polar surface area (TPSA) is 72.1 Å². The molecule has 3 rings (SSSR count). The van der Waals surface area contributed by atoms with Crippen molar-refractivity contribution in [2.24, 2.45) is 0 Å². The number of hydrogen-bond acceptors (Lipinski definition) is 5. The molecule has 0 saturated carbocycles. The summed E-state index contributed by atoms with van der Waals surface area (Å²) >= 11 is 0. The van der Waals surface area contributed by atoms with Crippen molar-refractivity contribution in [3.05, 3.63) is 40.8 Å². The van der Waals surface area contributed by atoms with Crippen molar-refractivity contribution in [3.8, 4) is 0 Å². The average molecular weight is 340 g/mol.